The van der Waals surface area contributed by atoms with Crippen molar-refractivity contribution in [2.45, 2.75) is 231 Å². The highest BCUT2D eigenvalue weighted by atomic mass is 31.2. The first-order valence-corrected chi connectivity index (χ1v) is 26.1. The number of unbranched alkanes of at least 4 members (excludes halogenated alkanes) is 23. The van der Waals surface area contributed by atoms with Crippen molar-refractivity contribution < 1.29 is 42.3 Å². The number of aromatic nitrogens is 2. The number of rotatable bonds is 40. The zero-order valence-electron chi connectivity index (χ0n) is 39.4. The summed E-state index contributed by atoms with van der Waals surface area (Å²) in [4.78, 5) is 65.4. The van der Waals surface area contributed by atoms with E-state index in [0.717, 1.165) is 62.4 Å². The van der Waals surface area contributed by atoms with Gasteiger partial charge in [-0.2, -0.15) is 0 Å². The SMILES string of the molecule is CCCCCCCC/C=C\CCCCCCCC(=O)O[C@H](COC(=O)CCCCCCCCCCCCCCC)COP(=O)(O)OC[C@H]1O[C@@H](n2cc(C)c(=O)[nH]c2=O)C[C@@H]1N=[N+]=[N-]. The van der Waals surface area contributed by atoms with Gasteiger partial charge < -0.3 is 19.1 Å². The van der Waals surface area contributed by atoms with E-state index >= 15 is 0 Å². The van der Waals surface area contributed by atoms with Gasteiger partial charge in [0, 0.05) is 35.9 Å². The molecule has 2 heterocycles. The molecule has 2 N–H and O–H groups in total. The largest absolute Gasteiger partial charge is 0.472 e. The average molecular weight is 924 g/mol. The minimum Gasteiger partial charge on any atom is -0.462 e. The Bertz CT molecular complexity index is 1660. The van der Waals surface area contributed by atoms with Gasteiger partial charge in [-0.25, -0.2) is 9.36 Å². The van der Waals surface area contributed by atoms with Crippen LogP contribution in [0, 0.1) is 6.92 Å². The fourth-order valence-electron chi connectivity index (χ4n) is 7.65. The molecule has 5 atom stereocenters. The van der Waals surface area contributed by atoms with E-state index in [4.69, 9.17) is 28.8 Å². The molecular weight excluding hydrogens is 842 g/mol. The van der Waals surface area contributed by atoms with E-state index in [0.29, 0.717) is 12.8 Å². The lowest BCUT2D eigenvalue weighted by molar-refractivity contribution is -0.161. The van der Waals surface area contributed by atoms with Crippen LogP contribution in [0.1, 0.15) is 212 Å². The van der Waals surface area contributed by atoms with E-state index in [-0.39, 0.29) is 31.4 Å². The molecule has 1 unspecified atom stereocenters. The monoisotopic (exact) mass is 924 g/mol. The number of nitrogens with zero attached hydrogens (tertiary/aromatic N) is 4. The molecule has 17 heteroatoms. The minimum absolute atomic E-state index is 0.0272. The van der Waals surface area contributed by atoms with Crippen LogP contribution in [0.2, 0.25) is 0 Å². The van der Waals surface area contributed by atoms with Crippen LogP contribution in [0.4, 0.5) is 0 Å². The fourth-order valence-corrected chi connectivity index (χ4v) is 8.42. The average Bonchev–Trinajstić information content (AvgIpc) is 3.67. The molecule has 0 spiro atoms. The maximum absolute atomic E-state index is 13.0. The lowest BCUT2D eigenvalue weighted by atomic mass is 10.0. The Balaban J connectivity index is 1.82. The quantitative estimate of drug-likeness (QED) is 0.0120. The number of carbonyl (C=O) groups excluding carboxylic acids is 2. The van der Waals surface area contributed by atoms with Crippen molar-refractivity contribution in [1.82, 2.24) is 9.55 Å². The summed E-state index contributed by atoms with van der Waals surface area (Å²) in [7, 11) is -4.82. The molecule has 0 bridgehead atoms. The van der Waals surface area contributed by atoms with Gasteiger partial charge in [-0.05, 0) is 51.0 Å². The van der Waals surface area contributed by atoms with Gasteiger partial charge in [-0.15, -0.1) is 0 Å². The summed E-state index contributed by atoms with van der Waals surface area (Å²) in [5.74, 6) is -0.999. The number of hydrogen-bond acceptors (Lipinski definition) is 11. The summed E-state index contributed by atoms with van der Waals surface area (Å²) in [5.41, 5.74) is 8.08. The van der Waals surface area contributed by atoms with Crippen LogP contribution >= 0.6 is 7.82 Å². The molecule has 2 rings (SSSR count). The van der Waals surface area contributed by atoms with Crippen LogP contribution in [0.3, 0.4) is 0 Å². The number of hydrogen-bond donors (Lipinski definition) is 2. The normalized spacial score (nSPS) is 17.6. The Morgan fingerprint density at radius 1 is 0.812 bits per heavy atom. The van der Waals surface area contributed by atoms with Crippen molar-refractivity contribution in [3.63, 3.8) is 0 Å². The molecule has 0 aromatic carbocycles. The van der Waals surface area contributed by atoms with Gasteiger partial charge in [0.15, 0.2) is 6.10 Å². The zero-order chi connectivity index (χ0) is 46.7. The molecule has 64 heavy (non-hydrogen) atoms. The van der Waals surface area contributed by atoms with Crippen molar-refractivity contribution >= 4 is 19.8 Å². The standard InChI is InChI=1S/C47H82N5O11P/c1-4-6-8-10-12-14-16-18-19-21-23-25-27-29-31-33-45(54)62-40(36-59-44(53)32-30-28-26-24-22-20-17-15-13-11-9-7-5-2)37-60-64(57,58)61-38-42-41(50-51-48)34-43(63-42)52-35-39(3)46(55)49-47(52)56/h18-19,35,40-43H,4-17,20-34,36-38H2,1-3H3,(H,57,58)(H,49,55,56)/b19-18-/t40-,41+,42-,43-/m1/s1. The predicted molar refractivity (Wildman–Crippen MR) is 250 cm³/mol. The van der Waals surface area contributed by atoms with Gasteiger partial charge in [0.05, 0.1) is 25.4 Å². The predicted octanol–water partition coefficient (Wildman–Crippen LogP) is 11.9. The number of ether oxygens (including phenoxy) is 3. The van der Waals surface area contributed by atoms with Crippen molar-refractivity contribution in [2.75, 3.05) is 19.8 Å². The second-order valence-corrected chi connectivity index (χ2v) is 18.8. The molecule has 0 aliphatic carbocycles. The Labute approximate surface area is 382 Å². The highest BCUT2D eigenvalue weighted by Gasteiger charge is 2.38. The number of aryl methyl sites for hydroxylation is 1. The topological polar surface area (TPSA) is 221 Å². The Morgan fingerprint density at radius 3 is 1.84 bits per heavy atom. The molecule has 0 saturated carbocycles. The lowest BCUT2D eigenvalue weighted by Gasteiger charge is -2.21. The maximum atomic E-state index is 13.0. The fraction of sp³-hybridized carbons (Fsp3) is 0.830. The summed E-state index contributed by atoms with van der Waals surface area (Å²) < 4.78 is 41.5. The first-order valence-electron chi connectivity index (χ1n) is 24.6. The first kappa shape index (κ1) is 56.9. The molecule has 1 aliphatic rings. The molecule has 0 amide bonds. The minimum atomic E-state index is -4.82. The van der Waals surface area contributed by atoms with Gasteiger partial charge >= 0.3 is 25.5 Å². The third-order valence-corrected chi connectivity index (χ3v) is 12.5. The molecule has 366 valence electrons. The number of azide groups is 1. The summed E-state index contributed by atoms with van der Waals surface area (Å²) in [6.45, 7) is 4.46. The van der Waals surface area contributed by atoms with Gasteiger partial charge in [0.2, 0.25) is 0 Å². The maximum Gasteiger partial charge on any atom is 0.472 e. The molecule has 1 saturated heterocycles. The second kappa shape index (κ2) is 35.9. The number of H-pyrrole nitrogens is 1. The van der Waals surface area contributed by atoms with Gasteiger partial charge in [0.25, 0.3) is 5.56 Å². The van der Waals surface area contributed by atoms with Crippen molar-refractivity contribution in [1.29, 1.82) is 0 Å². The van der Waals surface area contributed by atoms with Crippen molar-refractivity contribution in [2.24, 2.45) is 5.11 Å². The molecular formula is C47H82N5O11P. The summed E-state index contributed by atoms with van der Waals surface area (Å²) >= 11 is 0. The van der Waals surface area contributed by atoms with Crippen LogP contribution in [0.25, 0.3) is 10.4 Å². The van der Waals surface area contributed by atoms with Crippen molar-refractivity contribution in [3.05, 3.63) is 55.2 Å². The summed E-state index contributed by atoms with van der Waals surface area (Å²) in [5, 5.41) is 3.70. The van der Waals surface area contributed by atoms with Crippen LogP contribution in [-0.4, -0.2) is 64.5 Å². The Kier molecular flexibility index (Phi) is 31.9. The van der Waals surface area contributed by atoms with E-state index < -0.39 is 68.7 Å². The van der Waals surface area contributed by atoms with Crippen LogP contribution in [0.5, 0.6) is 0 Å². The summed E-state index contributed by atoms with van der Waals surface area (Å²) in [6, 6.07) is -0.881. The highest BCUT2D eigenvalue weighted by molar-refractivity contribution is 7.47. The highest BCUT2D eigenvalue weighted by Crippen LogP contribution is 2.45. The van der Waals surface area contributed by atoms with E-state index in [1.54, 1.807) is 0 Å². The van der Waals surface area contributed by atoms with Gasteiger partial charge in [-0.3, -0.25) is 33.0 Å². The van der Waals surface area contributed by atoms with E-state index in [9.17, 15) is 28.6 Å². The van der Waals surface area contributed by atoms with E-state index in [1.165, 1.54) is 109 Å². The van der Waals surface area contributed by atoms with Gasteiger partial charge in [-0.1, -0.05) is 160 Å². The third kappa shape index (κ3) is 27.3. The molecule has 1 aromatic heterocycles. The number of phosphoric acid groups is 1. The third-order valence-electron chi connectivity index (χ3n) is 11.5. The Morgan fingerprint density at radius 2 is 1.31 bits per heavy atom. The number of aromatic amines is 1. The molecule has 1 aliphatic heterocycles. The zero-order valence-corrected chi connectivity index (χ0v) is 40.3. The Hall–Kier alpha value is -3.26. The van der Waals surface area contributed by atoms with Crippen LogP contribution in [-0.2, 0) is 37.4 Å². The van der Waals surface area contributed by atoms with Crippen LogP contribution < -0.4 is 11.2 Å². The number of nitrogens with one attached hydrogen (secondary N) is 1. The smallest absolute Gasteiger partial charge is 0.462 e. The van der Waals surface area contributed by atoms with E-state index in [2.05, 4.69) is 41.0 Å². The molecule has 1 fully saturated rings. The van der Waals surface area contributed by atoms with Crippen molar-refractivity contribution in [3.8, 4) is 0 Å². The van der Waals surface area contributed by atoms with Gasteiger partial charge in [0.1, 0.15) is 12.8 Å². The molecule has 1 aromatic rings. The summed E-state index contributed by atoms with van der Waals surface area (Å²) in [6.07, 6.45) is 33.0. The molecule has 0 radical (unpaired) electrons. The number of phosphoric ester groups is 1. The van der Waals surface area contributed by atoms with Crippen LogP contribution in [0.15, 0.2) is 33.1 Å². The first-order chi connectivity index (χ1) is 31.0. The molecule has 16 nitrogen and oxygen atoms in total. The number of carbonyl (C=O) groups is 2. The van der Waals surface area contributed by atoms with E-state index in [1.807, 2.05) is 0 Å². The number of esters is 2. The number of allylic oxidation sites excluding steroid dienone is 2. The lowest BCUT2D eigenvalue weighted by Crippen LogP contribution is -2.33. The second-order valence-electron chi connectivity index (χ2n) is 17.3.